The fraction of sp³-hybridized carbons (Fsp3) is 0.467. The number of aryl methyl sites for hydroxylation is 1. The highest BCUT2D eigenvalue weighted by Crippen LogP contribution is 2.13. The summed E-state index contributed by atoms with van der Waals surface area (Å²) in [6.07, 6.45) is 1.81. The van der Waals surface area contributed by atoms with Gasteiger partial charge in [-0.2, -0.15) is 5.21 Å². The first kappa shape index (κ1) is 15.9. The Morgan fingerprint density at radius 3 is 2.68 bits per heavy atom. The van der Waals surface area contributed by atoms with E-state index in [2.05, 4.69) is 25.9 Å². The first-order valence-electron chi connectivity index (χ1n) is 7.38. The standard InChI is InChI=1S/C15H21N5O2/c1-11(2)22-13-5-3-12(4-6-13)9-10-16-15(21)8-7-14-17-19-20-18-14/h3-6,11H,7-10H2,1-2H3,(H,16,21)(H,17,18,19,20). The van der Waals surface area contributed by atoms with Crippen molar-refractivity contribution in [2.45, 2.75) is 39.2 Å². The van der Waals surface area contributed by atoms with Gasteiger partial charge < -0.3 is 10.1 Å². The Labute approximate surface area is 129 Å². The molecule has 0 saturated heterocycles. The van der Waals surface area contributed by atoms with E-state index in [1.165, 1.54) is 0 Å². The molecule has 118 valence electrons. The van der Waals surface area contributed by atoms with E-state index < -0.39 is 0 Å². The van der Waals surface area contributed by atoms with Crippen molar-refractivity contribution in [1.82, 2.24) is 25.9 Å². The number of tetrazole rings is 1. The number of hydrogen-bond acceptors (Lipinski definition) is 5. The molecule has 1 heterocycles. The Morgan fingerprint density at radius 2 is 2.05 bits per heavy atom. The van der Waals surface area contributed by atoms with Gasteiger partial charge in [-0.15, -0.1) is 10.2 Å². The average molecular weight is 303 g/mol. The van der Waals surface area contributed by atoms with Gasteiger partial charge in [0, 0.05) is 19.4 Å². The van der Waals surface area contributed by atoms with Crippen LogP contribution in [-0.4, -0.2) is 39.2 Å². The molecule has 0 aliphatic rings. The van der Waals surface area contributed by atoms with Crippen LogP contribution in [0.4, 0.5) is 0 Å². The summed E-state index contributed by atoms with van der Waals surface area (Å²) < 4.78 is 5.59. The molecular weight excluding hydrogens is 282 g/mol. The summed E-state index contributed by atoms with van der Waals surface area (Å²) in [7, 11) is 0. The maximum Gasteiger partial charge on any atom is 0.220 e. The number of nitrogens with one attached hydrogen (secondary N) is 2. The molecule has 0 atom stereocenters. The lowest BCUT2D eigenvalue weighted by molar-refractivity contribution is -0.121. The fourth-order valence-electron chi connectivity index (χ4n) is 1.96. The second-order valence-corrected chi connectivity index (χ2v) is 5.24. The number of ether oxygens (including phenoxy) is 1. The van der Waals surface area contributed by atoms with Gasteiger partial charge in [-0.05, 0) is 38.0 Å². The van der Waals surface area contributed by atoms with Gasteiger partial charge in [0.15, 0.2) is 5.82 Å². The molecule has 7 nitrogen and oxygen atoms in total. The van der Waals surface area contributed by atoms with E-state index >= 15 is 0 Å². The molecule has 0 saturated carbocycles. The van der Waals surface area contributed by atoms with Crippen LogP contribution < -0.4 is 10.1 Å². The highest BCUT2D eigenvalue weighted by atomic mass is 16.5. The predicted octanol–water partition coefficient (Wildman–Crippen LogP) is 1.28. The number of benzene rings is 1. The number of H-pyrrole nitrogens is 1. The molecule has 2 N–H and O–H groups in total. The van der Waals surface area contributed by atoms with Crippen LogP contribution in [0.15, 0.2) is 24.3 Å². The van der Waals surface area contributed by atoms with Crippen molar-refractivity contribution in [3.8, 4) is 5.75 Å². The Kier molecular flexibility index (Phi) is 5.88. The second-order valence-electron chi connectivity index (χ2n) is 5.24. The molecule has 22 heavy (non-hydrogen) atoms. The third kappa shape index (κ3) is 5.51. The van der Waals surface area contributed by atoms with Gasteiger partial charge in [-0.3, -0.25) is 4.79 Å². The van der Waals surface area contributed by atoms with Gasteiger partial charge in [0.1, 0.15) is 5.75 Å². The fourth-order valence-corrected chi connectivity index (χ4v) is 1.96. The van der Waals surface area contributed by atoms with Crippen LogP contribution in [0.5, 0.6) is 5.75 Å². The first-order chi connectivity index (χ1) is 10.6. The molecular formula is C15H21N5O2. The molecule has 1 aromatic carbocycles. The second kappa shape index (κ2) is 8.11. The van der Waals surface area contributed by atoms with E-state index in [0.717, 1.165) is 17.7 Å². The molecule has 0 spiro atoms. The molecule has 2 aromatic rings. The van der Waals surface area contributed by atoms with Gasteiger partial charge in [0.25, 0.3) is 0 Å². The molecule has 0 fully saturated rings. The van der Waals surface area contributed by atoms with E-state index in [1.54, 1.807) is 0 Å². The zero-order valence-corrected chi connectivity index (χ0v) is 12.9. The summed E-state index contributed by atoms with van der Waals surface area (Å²) >= 11 is 0. The molecule has 0 aliphatic carbocycles. The van der Waals surface area contributed by atoms with Crippen molar-refractivity contribution in [2.24, 2.45) is 0 Å². The summed E-state index contributed by atoms with van der Waals surface area (Å²) in [5, 5.41) is 16.3. The Bertz CT molecular complexity index is 566. The van der Waals surface area contributed by atoms with Crippen LogP contribution in [0.1, 0.15) is 31.7 Å². The highest BCUT2D eigenvalue weighted by Gasteiger charge is 2.05. The lowest BCUT2D eigenvalue weighted by atomic mass is 10.1. The number of hydrogen-bond donors (Lipinski definition) is 2. The smallest absolute Gasteiger partial charge is 0.220 e. The number of carbonyl (C=O) groups excluding carboxylic acids is 1. The Morgan fingerprint density at radius 1 is 1.27 bits per heavy atom. The van der Waals surface area contributed by atoms with Crippen LogP contribution in [0, 0.1) is 0 Å². The summed E-state index contributed by atoms with van der Waals surface area (Å²) in [6.45, 7) is 4.60. The van der Waals surface area contributed by atoms with E-state index in [0.29, 0.717) is 25.2 Å². The van der Waals surface area contributed by atoms with Crippen LogP contribution in [0.25, 0.3) is 0 Å². The molecule has 2 rings (SSSR count). The highest BCUT2D eigenvalue weighted by molar-refractivity contribution is 5.76. The number of aromatic nitrogens is 4. The van der Waals surface area contributed by atoms with Gasteiger partial charge in [0.05, 0.1) is 6.10 Å². The van der Waals surface area contributed by atoms with Crippen LogP contribution in [-0.2, 0) is 17.6 Å². The number of nitrogens with zero attached hydrogens (tertiary/aromatic N) is 3. The lowest BCUT2D eigenvalue weighted by Gasteiger charge is -2.10. The Hall–Kier alpha value is -2.44. The lowest BCUT2D eigenvalue weighted by Crippen LogP contribution is -2.26. The van der Waals surface area contributed by atoms with Crippen molar-refractivity contribution in [3.63, 3.8) is 0 Å². The number of amides is 1. The SMILES string of the molecule is CC(C)Oc1ccc(CCNC(=O)CCc2nn[nH]n2)cc1. The topological polar surface area (TPSA) is 92.8 Å². The zero-order valence-electron chi connectivity index (χ0n) is 12.9. The van der Waals surface area contributed by atoms with Crippen molar-refractivity contribution < 1.29 is 9.53 Å². The van der Waals surface area contributed by atoms with Crippen molar-refractivity contribution >= 4 is 5.91 Å². The van der Waals surface area contributed by atoms with Crippen LogP contribution >= 0.6 is 0 Å². The summed E-state index contributed by atoms with van der Waals surface area (Å²) in [6, 6.07) is 7.94. The van der Waals surface area contributed by atoms with E-state index in [-0.39, 0.29) is 12.0 Å². The van der Waals surface area contributed by atoms with Crippen LogP contribution in [0.2, 0.25) is 0 Å². The molecule has 0 unspecified atom stereocenters. The molecule has 1 amide bonds. The predicted molar refractivity (Wildman–Crippen MR) is 81.4 cm³/mol. The maximum absolute atomic E-state index is 11.7. The maximum atomic E-state index is 11.7. The van der Waals surface area contributed by atoms with Crippen molar-refractivity contribution in [2.75, 3.05) is 6.54 Å². The molecule has 0 bridgehead atoms. The first-order valence-corrected chi connectivity index (χ1v) is 7.38. The monoisotopic (exact) mass is 303 g/mol. The van der Waals surface area contributed by atoms with Crippen LogP contribution in [0.3, 0.4) is 0 Å². The minimum atomic E-state index is -0.00967. The molecule has 0 radical (unpaired) electrons. The van der Waals surface area contributed by atoms with Gasteiger partial charge in [-0.25, -0.2) is 0 Å². The molecule has 0 aliphatic heterocycles. The summed E-state index contributed by atoms with van der Waals surface area (Å²) in [5.74, 6) is 1.41. The van der Waals surface area contributed by atoms with Crippen molar-refractivity contribution in [1.29, 1.82) is 0 Å². The van der Waals surface area contributed by atoms with Gasteiger partial charge in [0.2, 0.25) is 5.91 Å². The average Bonchev–Trinajstić information content (AvgIpc) is 3.00. The number of carbonyl (C=O) groups is 1. The van der Waals surface area contributed by atoms with E-state index in [4.69, 9.17) is 4.74 Å². The summed E-state index contributed by atoms with van der Waals surface area (Å²) in [5.41, 5.74) is 1.16. The zero-order chi connectivity index (χ0) is 15.8. The van der Waals surface area contributed by atoms with E-state index in [1.807, 2.05) is 38.1 Å². The largest absolute Gasteiger partial charge is 0.491 e. The quantitative estimate of drug-likeness (QED) is 0.766. The van der Waals surface area contributed by atoms with Gasteiger partial charge in [-0.1, -0.05) is 17.3 Å². The molecule has 7 heteroatoms. The minimum Gasteiger partial charge on any atom is -0.491 e. The normalized spacial score (nSPS) is 10.7. The van der Waals surface area contributed by atoms with E-state index in [9.17, 15) is 4.79 Å². The summed E-state index contributed by atoms with van der Waals surface area (Å²) in [4.78, 5) is 11.7. The van der Waals surface area contributed by atoms with Crippen molar-refractivity contribution in [3.05, 3.63) is 35.7 Å². The van der Waals surface area contributed by atoms with Gasteiger partial charge >= 0.3 is 0 Å². The number of aromatic amines is 1. The third-order valence-corrected chi connectivity index (χ3v) is 3.00. The number of rotatable bonds is 8. The minimum absolute atomic E-state index is 0.00967. The molecule has 1 aromatic heterocycles. The Balaban J connectivity index is 1.66. The third-order valence-electron chi connectivity index (χ3n) is 3.00.